The van der Waals surface area contributed by atoms with Gasteiger partial charge in [-0.2, -0.15) is 5.10 Å². The van der Waals surface area contributed by atoms with Gasteiger partial charge in [-0.1, -0.05) is 24.3 Å². The van der Waals surface area contributed by atoms with Crippen molar-refractivity contribution in [2.75, 3.05) is 25.0 Å². The summed E-state index contributed by atoms with van der Waals surface area (Å²) >= 11 is 0. The number of pyridine rings is 2. The van der Waals surface area contributed by atoms with Crippen molar-refractivity contribution in [1.29, 1.82) is 0 Å². The number of likely N-dealkylation sites (tertiary alicyclic amines) is 2. The van der Waals surface area contributed by atoms with Gasteiger partial charge in [-0.15, -0.1) is 0 Å². The van der Waals surface area contributed by atoms with Crippen molar-refractivity contribution in [3.8, 4) is 11.3 Å². The topological polar surface area (TPSA) is 126 Å². The van der Waals surface area contributed by atoms with Gasteiger partial charge in [-0.05, 0) is 120 Å². The van der Waals surface area contributed by atoms with E-state index in [0.29, 0.717) is 25.6 Å². The van der Waals surface area contributed by atoms with Crippen LogP contribution in [0, 0.1) is 20.8 Å². The second-order valence-electron chi connectivity index (χ2n) is 15.2. The van der Waals surface area contributed by atoms with Gasteiger partial charge < -0.3 is 20.3 Å². The number of carbonyl (C=O) groups is 1. The summed E-state index contributed by atoms with van der Waals surface area (Å²) < 4.78 is 7.76. The molecule has 2 fully saturated rings. The first-order chi connectivity index (χ1) is 26.7. The highest BCUT2D eigenvalue weighted by Crippen LogP contribution is 2.42. The van der Waals surface area contributed by atoms with Gasteiger partial charge in [0.05, 0.1) is 66.3 Å². The fraction of sp³-hybridized carbons (Fsp3) is 0.442. The number of aromatic nitrogens is 6. The quantitative estimate of drug-likeness (QED) is 0.109. The monoisotopic (exact) mass is 742 g/mol. The van der Waals surface area contributed by atoms with Crippen molar-refractivity contribution in [1.82, 2.24) is 44.8 Å². The molecular weight excluding hydrogens is 689 g/mol. The van der Waals surface area contributed by atoms with Crippen LogP contribution in [0.4, 0.5) is 16.4 Å². The number of hydrogen-bond acceptors (Lipinski definition) is 9. The van der Waals surface area contributed by atoms with E-state index in [1.54, 1.807) is 11.1 Å². The van der Waals surface area contributed by atoms with E-state index in [1.807, 2.05) is 67.6 Å². The fourth-order valence-corrected chi connectivity index (χ4v) is 7.88. The fourth-order valence-electron chi connectivity index (χ4n) is 7.88. The molecule has 0 aliphatic carbocycles. The Hall–Kier alpha value is -5.20. The third-order valence-electron chi connectivity index (χ3n) is 10.8. The third-order valence-corrected chi connectivity index (χ3v) is 10.8. The maximum atomic E-state index is 12.6. The standard InChI is InChI=1S/C43H54N10O2/c1-29(2)55-36-27-51(28-36)43(54)47-24-34-16-15-33(23-32(34)5)37-17-20-46-42(50-37)49-35-25-48-52(26-35)21-6-7-22-53-38(40-30(3)11-9-18-44-40)13-8-14-39(53)41-31(4)12-10-19-45-41/h9-12,15-20,23,25-26,29,36,38-39H,6-8,13-14,21-22,24,27-28H2,1-5H3,(H,47,54)(H,46,49,50)/t38-,39+. The molecule has 288 valence electrons. The number of benzene rings is 1. The van der Waals surface area contributed by atoms with E-state index in [1.165, 1.54) is 22.5 Å². The molecule has 12 nitrogen and oxygen atoms in total. The third kappa shape index (κ3) is 9.37. The number of unbranched alkanes of at least 4 members (excludes halogenated alkanes) is 1. The Morgan fingerprint density at radius 2 is 1.58 bits per heavy atom. The molecule has 4 aromatic heterocycles. The number of nitrogens with zero attached hydrogens (tertiary/aromatic N) is 8. The molecule has 0 spiro atoms. The summed E-state index contributed by atoms with van der Waals surface area (Å²) in [5, 5.41) is 11.0. The van der Waals surface area contributed by atoms with Crippen molar-refractivity contribution in [3.05, 3.63) is 113 Å². The highest BCUT2D eigenvalue weighted by atomic mass is 16.5. The molecule has 5 aromatic rings. The summed E-state index contributed by atoms with van der Waals surface area (Å²) in [5.74, 6) is 0.511. The first-order valence-corrected chi connectivity index (χ1v) is 19.7. The van der Waals surface area contributed by atoms with Gasteiger partial charge in [0.15, 0.2) is 0 Å². The minimum absolute atomic E-state index is 0.0611. The summed E-state index contributed by atoms with van der Waals surface area (Å²) in [4.78, 5) is 36.0. The van der Waals surface area contributed by atoms with Gasteiger partial charge in [0, 0.05) is 43.4 Å². The first kappa shape index (κ1) is 38.1. The first-order valence-electron chi connectivity index (χ1n) is 19.7. The lowest BCUT2D eigenvalue weighted by molar-refractivity contribution is -0.0641. The average molecular weight is 743 g/mol. The molecule has 6 heterocycles. The molecule has 0 unspecified atom stereocenters. The summed E-state index contributed by atoms with van der Waals surface area (Å²) in [5.41, 5.74) is 9.68. The van der Waals surface area contributed by atoms with Crippen LogP contribution in [-0.4, -0.2) is 77.4 Å². The highest BCUT2D eigenvalue weighted by Gasteiger charge is 2.35. The molecule has 2 aliphatic rings. The van der Waals surface area contributed by atoms with E-state index < -0.39 is 0 Å². The predicted octanol–water partition coefficient (Wildman–Crippen LogP) is 7.87. The maximum Gasteiger partial charge on any atom is 0.317 e. The van der Waals surface area contributed by atoms with Gasteiger partial charge >= 0.3 is 6.03 Å². The lowest BCUT2D eigenvalue weighted by Crippen LogP contribution is -2.58. The number of hydrogen-bond donors (Lipinski definition) is 2. The lowest BCUT2D eigenvalue weighted by atomic mass is 9.88. The minimum atomic E-state index is -0.0611. The van der Waals surface area contributed by atoms with Gasteiger partial charge in [0.1, 0.15) is 0 Å². The smallest absolute Gasteiger partial charge is 0.317 e. The van der Waals surface area contributed by atoms with Crippen molar-refractivity contribution in [2.24, 2.45) is 0 Å². The van der Waals surface area contributed by atoms with E-state index >= 15 is 0 Å². The Kier molecular flexibility index (Phi) is 12.1. The molecule has 0 radical (unpaired) electrons. The van der Waals surface area contributed by atoms with Gasteiger partial charge in [0.2, 0.25) is 5.95 Å². The van der Waals surface area contributed by atoms with Crippen LogP contribution in [0.1, 0.15) is 91.7 Å². The molecule has 1 aromatic carbocycles. The second-order valence-corrected chi connectivity index (χ2v) is 15.2. The number of piperidine rings is 1. The number of aryl methyl sites for hydroxylation is 4. The van der Waals surface area contributed by atoms with Gasteiger partial charge in [-0.3, -0.25) is 19.5 Å². The highest BCUT2D eigenvalue weighted by molar-refractivity contribution is 5.75. The summed E-state index contributed by atoms with van der Waals surface area (Å²) in [7, 11) is 0. The van der Waals surface area contributed by atoms with Crippen LogP contribution in [-0.2, 0) is 17.8 Å². The SMILES string of the molecule is Cc1cc(-c2ccnc(Nc3cnn(CCCCN4[C@@H](c5ncccc5C)CCC[C@H]4c4ncccc4C)c3)n2)ccc1CNC(=O)N1CC(OC(C)C)C1. The normalized spacial score (nSPS) is 17.7. The van der Waals surface area contributed by atoms with Crippen LogP contribution in [0.15, 0.2) is 79.5 Å². The largest absolute Gasteiger partial charge is 0.372 e. The molecule has 0 saturated carbocycles. The van der Waals surface area contributed by atoms with E-state index in [2.05, 4.69) is 70.7 Å². The van der Waals surface area contributed by atoms with E-state index in [9.17, 15) is 4.79 Å². The number of ether oxygens (including phenoxy) is 1. The molecule has 2 aliphatic heterocycles. The zero-order valence-corrected chi connectivity index (χ0v) is 32.8. The Morgan fingerprint density at radius 1 is 0.873 bits per heavy atom. The number of urea groups is 1. The molecule has 7 rings (SSSR count). The van der Waals surface area contributed by atoms with Gasteiger partial charge in [0.25, 0.3) is 0 Å². The zero-order chi connectivity index (χ0) is 38.3. The minimum Gasteiger partial charge on any atom is -0.372 e. The lowest BCUT2D eigenvalue weighted by Gasteiger charge is -2.42. The van der Waals surface area contributed by atoms with E-state index in [0.717, 1.165) is 73.3 Å². The van der Waals surface area contributed by atoms with E-state index in [-0.39, 0.29) is 30.3 Å². The van der Waals surface area contributed by atoms with Crippen LogP contribution in [0.2, 0.25) is 0 Å². The molecule has 2 amide bonds. The number of carbonyl (C=O) groups excluding carboxylic acids is 1. The molecule has 2 saturated heterocycles. The zero-order valence-electron chi connectivity index (χ0n) is 32.8. The van der Waals surface area contributed by atoms with E-state index in [4.69, 9.17) is 19.7 Å². The average Bonchev–Trinajstić information content (AvgIpc) is 3.61. The van der Waals surface area contributed by atoms with Crippen molar-refractivity contribution < 1.29 is 9.53 Å². The summed E-state index contributed by atoms with van der Waals surface area (Å²) in [6.45, 7) is 14.0. The van der Waals surface area contributed by atoms with Crippen LogP contribution < -0.4 is 10.6 Å². The molecule has 0 bridgehead atoms. The van der Waals surface area contributed by atoms with Crippen LogP contribution in [0.25, 0.3) is 11.3 Å². The Bertz CT molecular complexity index is 2010. The van der Waals surface area contributed by atoms with Gasteiger partial charge in [-0.25, -0.2) is 14.8 Å². The Balaban J connectivity index is 0.924. The predicted molar refractivity (Wildman–Crippen MR) is 215 cm³/mol. The van der Waals surface area contributed by atoms with Crippen LogP contribution >= 0.6 is 0 Å². The number of anilines is 2. The summed E-state index contributed by atoms with van der Waals surface area (Å²) in [6, 6.07) is 17.0. The second kappa shape index (κ2) is 17.5. The van der Waals surface area contributed by atoms with Crippen molar-refractivity contribution >= 4 is 17.7 Å². The van der Waals surface area contributed by atoms with Crippen molar-refractivity contribution in [3.63, 3.8) is 0 Å². The van der Waals surface area contributed by atoms with Crippen molar-refractivity contribution in [2.45, 2.75) is 104 Å². The molecule has 55 heavy (non-hydrogen) atoms. The summed E-state index contributed by atoms with van der Waals surface area (Å²) in [6.07, 6.45) is 15.2. The number of nitrogens with one attached hydrogen (secondary N) is 2. The number of amides is 2. The number of rotatable bonds is 14. The van der Waals surface area contributed by atoms with Crippen LogP contribution in [0.5, 0.6) is 0 Å². The Labute approximate surface area is 324 Å². The van der Waals surface area contributed by atoms with Crippen LogP contribution in [0.3, 0.4) is 0 Å². The molecular formula is C43H54N10O2. The Morgan fingerprint density at radius 3 is 2.25 bits per heavy atom. The molecule has 2 atom stereocenters. The molecule has 12 heteroatoms. The maximum absolute atomic E-state index is 12.6. The molecule has 2 N–H and O–H groups in total.